The number of aromatic nitrogens is 2. The van der Waals surface area contributed by atoms with Crippen molar-refractivity contribution in [1.82, 2.24) is 14.4 Å². The summed E-state index contributed by atoms with van der Waals surface area (Å²) in [7, 11) is -3.27. The normalized spacial score (nSPS) is 19.0. The van der Waals surface area contributed by atoms with Gasteiger partial charge in [-0.2, -0.15) is 9.29 Å². The highest BCUT2D eigenvalue weighted by molar-refractivity contribution is 7.89. The first-order chi connectivity index (χ1) is 11.5. The van der Waals surface area contributed by atoms with Crippen LogP contribution in [0.15, 0.2) is 28.8 Å². The maximum Gasteiger partial charge on any atom is 0.245 e. The van der Waals surface area contributed by atoms with E-state index in [9.17, 15) is 8.42 Å². The fourth-order valence-corrected chi connectivity index (χ4v) is 4.83. The van der Waals surface area contributed by atoms with Crippen LogP contribution < -0.4 is 0 Å². The van der Waals surface area contributed by atoms with Crippen LogP contribution in [0, 0.1) is 6.92 Å². The average molecular weight is 349 g/mol. The van der Waals surface area contributed by atoms with Gasteiger partial charge in [-0.15, -0.1) is 0 Å². The Morgan fingerprint density at radius 2 is 2.04 bits per heavy atom. The van der Waals surface area contributed by atoms with Gasteiger partial charge in [0.1, 0.15) is 6.04 Å². The molecule has 0 saturated carbocycles. The van der Waals surface area contributed by atoms with Crippen molar-refractivity contribution in [2.24, 2.45) is 0 Å². The van der Waals surface area contributed by atoms with Crippen LogP contribution in [0.5, 0.6) is 0 Å². The highest BCUT2D eigenvalue weighted by Crippen LogP contribution is 2.34. The number of hydrogen-bond acceptors (Lipinski definition) is 5. The molecule has 0 bridgehead atoms. The van der Waals surface area contributed by atoms with Gasteiger partial charge in [0.15, 0.2) is 0 Å². The van der Waals surface area contributed by atoms with Crippen LogP contribution in [0.3, 0.4) is 0 Å². The lowest BCUT2D eigenvalue weighted by Gasteiger charge is -2.21. The van der Waals surface area contributed by atoms with Crippen molar-refractivity contribution in [3.63, 3.8) is 0 Å². The van der Waals surface area contributed by atoms with E-state index in [1.54, 1.807) is 0 Å². The zero-order valence-corrected chi connectivity index (χ0v) is 14.9. The summed E-state index contributed by atoms with van der Waals surface area (Å²) >= 11 is 0. The Hall–Kier alpha value is -1.73. The second kappa shape index (κ2) is 7.03. The molecule has 3 rings (SSSR count). The summed E-state index contributed by atoms with van der Waals surface area (Å²) in [5, 5.41) is 4.03. The van der Waals surface area contributed by atoms with Gasteiger partial charge in [-0.25, -0.2) is 8.42 Å². The van der Waals surface area contributed by atoms with E-state index in [4.69, 9.17) is 4.52 Å². The Morgan fingerprint density at radius 3 is 2.75 bits per heavy atom. The summed E-state index contributed by atoms with van der Waals surface area (Å²) in [6.45, 7) is 4.53. The molecular formula is C17H23N3O3S. The van der Waals surface area contributed by atoms with Gasteiger partial charge in [0.05, 0.1) is 5.75 Å². The number of benzene rings is 1. The van der Waals surface area contributed by atoms with Crippen molar-refractivity contribution in [2.45, 2.75) is 45.6 Å². The second-order valence-corrected chi connectivity index (χ2v) is 8.30. The van der Waals surface area contributed by atoms with E-state index in [1.807, 2.05) is 38.1 Å². The monoisotopic (exact) mass is 349 g/mol. The summed E-state index contributed by atoms with van der Waals surface area (Å²) in [6.07, 6.45) is 3.07. The molecule has 130 valence electrons. The van der Waals surface area contributed by atoms with Gasteiger partial charge in [0, 0.05) is 12.1 Å². The highest BCUT2D eigenvalue weighted by atomic mass is 32.2. The number of nitrogens with zero attached hydrogens (tertiary/aromatic N) is 3. The minimum absolute atomic E-state index is 0.180. The molecule has 2 heterocycles. The van der Waals surface area contributed by atoms with Crippen molar-refractivity contribution in [1.29, 1.82) is 0 Å². The molecule has 1 aromatic carbocycles. The van der Waals surface area contributed by atoms with Crippen molar-refractivity contribution >= 4 is 10.0 Å². The van der Waals surface area contributed by atoms with E-state index in [-0.39, 0.29) is 11.8 Å². The van der Waals surface area contributed by atoms with Crippen LogP contribution >= 0.6 is 0 Å². The van der Waals surface area contributed by atoms with Crippen LogP contribution in [0.4, 0.5) is 0 Å². The number of sulfonamides is 1. The molecule has 1 atom stereocenters. The molecule has 1 aliphatic heterocycles. The molecule has 0 aliphatic carbocycles. The summed E-state index contributed by atoms with van der Waals surface area (Å²) in [4.78, 5) is 4.45. The minimum atomic E-state index is -3.27. The Balaban J connectivity index is 1.82. The smallest absolute Gasteiger partial charge is 0.245 e. The molecule has 0 amide bonds. The maximum absolute atomic E-state index is 12.5. The van der Waals surface area contributed by atoms with Gasteiger partial charge < -0.3 is 4.52 Å². The van der Waals surface area contributed by atoms with E-state index in [1.165, 1.54) is 4.31 Å². The summed E-state index contributed by atoms with van der Waals surface area (Å²) < 4.78 is 32.0. The molecular weight excluding hydrogens is 326 g/mol. The Morgan fingerprint density at radius 1 is 1.29 bits per heavy atom. The third-order valence-electron chi connectivity index (χ3n) is 4.35. The minimum Gasteiger partial charge on any atom is -0.337 e. The van der Waals surface area contributed by atoms with Crippen LogP contribution in [0.2, 0.25) is 0 Å². The molecule has 0 spiro atoms. The number of hydrogen-bond donors (Lipinski definition) is 0. The SMILES string of the molecule is CCCCS(=O)(=O)N1CCCC1c1nc(-c2ccc(C)cc2)no1. The molecule has 1 aromatic heterocycles. The van der Waals surface area contributed by atoms with Crippen molar-refractivity contribution in [3.05, 3.63) is 35.7 Å². The van der Waals surface area contributed by atoms with Crippen LogP contribution in [-0.4, -0.2) is 35.2 Å². The predicted octanol–water partition coefficient (Wildman–Crippen LogP) is 3.31. The molecule has 1 aliphatic rings. The van der Waals surface area contributed by atoms with E-state index in [2.05, 4.69) is 10.1 Å². The lowest BCUT2D eigenvalue weighted by Crippen LogP contribution is -2.32. The topological polar surface area (TPSA) is 76.3 Å². The molecule has 24 heavy (non-hydrogen) atoms. The lowest BCUT2D eigenvalue weighted by atomic mass is 10.1. The van der Waals surface area contributed by atoms with Crippen LogP contribution in [0.1, 0.15) is 50.1 Å². The van der Waals surface area contributed by atoms with E-state index >= 15 is 0 Å². The molecule has 7 heteroatoms. The summed E-state index contributed by atoms with van der Waals surface area (Å²) in [5.41, 5.74) is 2.03. The van der Waals surface area contributed by atoms with E-state index in [0.29, 0.717) is 24.7 Å². The quantitative estimate of drug-likeness (QED) is 0.799. The molecule has 0 N–H and O–H groups in total. The first kappa shape index (κ1) is 17.1. The molecule has 1 fully saturated rings. The van der Waals surface area contributed by atoms with Gasteiger partial charge in [-0.05, 0) is 26.2 Å². The van der Waals surface area contributed by atoms with E-state index in [0.717, 1.165) is 30.4 Å². The highest BCUT2D eigenvalue weighted by Gasteiger charge is 2.38. The summed E-state index contributed by atoms with van der Waals surface area (Å²) in [6, 6.07) is 7.52. The Labute approximate surface area is 142 Å². The van der Waals surface area contributed by atoms with Gasteiger partial charge in [0.25, 0.3) is 0 Å². The lowest BCUT2D eigenvalue weighted by molar-refractivity contribution is 0.290. The molecule has 0 radical (unpaired) electrons. The first-order valence-electron chi connectivity index (χ1n) is 8.41. The van der Waals surface area contributed by atoms with Crippen LogP contribution in [0.25, 0.3) is 11.4 Å². The van der Waals surface area contributed by atoms with Gasteiger partial charge >= 0.3 is 0 Å². The second-order valence-electron chi connectivity index (χ2n) is 6.26. The van der Waals surface area contributed by atoms with Gasteiger partial charge in [0.2, 0.25) is 21.7 Å². The Bertz CT molecular complexity index is 784. The number of rotatable bonds is 6. The molecule has 2 aromatic rings. The molecule has 1 saturated heterocycles. The van der Waals surface area contributed by atoms with Gasteiger partial charge in [-0.1, -0.05) is 48.3 Å². The number of aryl methyl sites for hydroxylation is 1. The largest absolute Gasteiger partial charge is 0.337 e. The zero-order chi connectivity index (χ0) is 17.2. The third-order valence-corrected chi connectivity index (χ3v) is 6.31. The standard InChI is InChI=1S/C17H23N3O3S/c1-3-4-12-24(21,22)20-11-5-6-15(20)17-18-16(19-23-17)14-9-7-13(2)8-10-14/h7-10,15H,3-6,11-12H2,1-2H3. The predicted molar refractivity (Wildman–Crippen MR) is 91.8 cm³/mol. The Kier molecular flexibility index (Phi) is 5.01. The number of unbranched alkanes of at least 4 members (excludes halogenated alkanes) is 1. The third kappa shape index (κ3) is 3.52. The van der Waals surface area contributed by atoms with Crippen molar-refractivity contribution in [2.75, 3.05) is 12.3 Å². The van der Waals surface area contributed by atoms with E-state index < -0.39 is 10.0 Å². The fraction of sp³-hybridized carbons (Fsp3) is 0.529. The molecule has 6 nitrogen and oxygen atoms in total. The maximum atomic E-state index is 12.5. The van der Waals surface area contributed by atoms with Crippen LogP contribution in [-0.2, 0) is 10.0 Å². The van der Waals surface area contributed by atoms with Crippen molar-refractivity contribution < 1.29 is 12.9 Å². The first-order valence-corrected chi connectivity index (χ1v) is 10.0. The summed E-state index contributed by atoms with van der Waals surface area (Å²) in [5.74, 6) is 1.07. The van der Waals surface area contributed by atoms with Gasteiger partial charge in [-0.3, -0.25) is 0 Å². The average Bonchev–Trinajstić information content (AvgIpc) is 3.22. The molecule has 1 unspecified atom stereocenters. The zero-order valence-electron chi connectivity index (χ0n) is 14.1. The fourth-order valence-electron chi connectivity index (χ4n) is 2.95. The van der Waals surface area contributed by atoms with Crippen molar-refractivity contribution in [3.8, 4) is 11.4 Å².